The number of esters is 2. The summed E-state index contributed by atoms with van der Waals surface area (Å²) in [5.41, 5.74) is -0.00275. The van der Waals surface area contributed by atoms with E-state index in [4.69, 9.17) is 9.47 Å². The summed E-state index contributed by atoms with van der Waals surface area (Å²) in [6, 6.07) is -0.0306. The molecule has 0 aromatic rings. The van der Waals surface area contributed by atoms with E-state index in [2.05, 4.69) is 4.90 Å². The molecule has 2 saturated heterocycles. The van der Waals surface area contributed by atoms with Crippen molar-refractivity contribution in [1.29, 1.82) is 0 Å². The summed E-state index contributed by atoms with van der Waals surface area (Å²) in [4.78, 5) is 26.4. The number of ether oxygens (including phenoxy) is 2. The minimum atomic E-state index is -0.954. The molecule has 1 unspecified atom stereocenters. The van der Waals surface area contributed by atoms with Gasteiger partial charge in [-0.1, -0.05) is 13.0 Å². The van der Waals surface area contributed by atoms with Crippen molar-refractivity contribution in [2.75, 3.05) is 19.7 Å². The minimum Gasteiger partial charge on any atom is -0.461 e. The molecule has 1 N–H and O–H groups in total. The van der Waals surface area contributed by atoms with Crippen molar-refractivity contribution in [2.45, 2.75) is 45.4 Å². The van der Waals surface area contributed by atoms with Gasteiger partial charge in [-0.05, 0) is 25.8 Å². The van der Waals surface area contributed by atoms with Crippen LogP contribution >= 0.6 is 0 Å². The Kier molecular flexibility index (Phi) is 3.77. The maximum atomic E-state index is 12.5. The van der Waals surface area contributed by atoms with Crippen LogP contribution in [0.4, 0.5) is 0 Å². The first-order valence-electron chi connectivity index (χ1n) is 7.84. The smallest absolute Gasteiger partial charge is 0.316 e. The lowest BCUT2D eigenvalue weighted by molar-refractivity contribution is -0.158. The average Bonchev–Trinajstić information content (AvgIpc) is 3.10. The van der Waals surface area contributed by atoms with E-state index in [0.29, 0.717) is 0 Å². The van der Waals surface area contributed by atoms with Crippen LogP contribution in [0.15, 0.2) is 11.6 Å². The summed E-state index contributed by atoms with van der Waals surface area (Å²) in [6.45, 7) is 6.97. The molecule has 0 radical (unpaired) electrons. The van der Waals surface area contributed by atoms with Gasteiger partial charge in [0.15, 0.2) is 0 Å². The van der Waals surface area contributed by atoms with Crippen molar-refractivity contribution in [3.63, 3.8) is 0 Å². The molecule has 3 aliphatic heterocycles. The molecule has 3 aliphatic rings. The molecule has 0 amide bonds. The summed E-state index contributed by atoms with van der Waals surface area (Å²) >= 11 is 0. The van der Waals surface area contributed by atoms with E-state index in [1.165, 1.54) is 0 Å². The molecule has 3 heterocycles. The number of hydrogen-bond donors (Lipinski definition) is 1. The molecule has 0 spiro atoms. The van der Waals surface area contributed by atoms with Crippen molar-refractivity contribution in [2.24, 2.45) is 11.3 Å². The van der Waals surface area contributed by atoms with E-state index < -0.39 is 29.5 Å². The van der Waals surface area contributed by atoms with Gasteiger partial charge in [0, 0.05) is 13.1 Å². The van der Waals surface area contributed by atoms with Crippen LogP contribution in [0.2, 0.25) is 0 Å². The van der Waals surface area contributed by atoms with E-state index in [1.807, 2.05) is 6.08 Å². The summed E-state index contributed by atoms with van der Waals surface area (Å²) < 4.78 is 10.6. The highest BCUT2D eigenvalue weighted by atomic mass is 16.6. The maximum absolute atomic E-state index is 12.5. The molecular formula is C16H23NO5. The highest BCUT2D eigenvalue weighted by Gasteiger charge is 2.56. The third kappa shape index (κ3) is 2.16. The van der Waals surface area contributed by atoms with Gasteiger partial charge in [0.2, 0.25) is 0 Å². The Hall–Kier alpha value is -1.40. The van der Waals surface area contributed by atoms with Crippen LogP contribution in [-0.4, -0.2) is 59.9 Å². The van der Waals surface area contributed by atoms with Crippen LogP contribution in [0, 0.1) is 11.3 Å². The number of aliphatic hydroxyl groups is 1. The monoisotopic (exact) mass is 309 g/mol. The van der Waals surface area contributed by atoms with Crippen molar-refractivity contribution in [3.05, 3.63) is 11.6 Å². The summed E-state index contributed by atoms with van der Waals surface area (Å²) in [5.74, 6) is -1.28. The average molecular weight is 309 g/mol. The van der Waals surface area contributed by atoms with Gasteiger partial charge in [-0.25, -0.2) is 0 Å². The fraction of sp³-hybridized carbons (Fsp3) is 0.750. The number of hydrogen-bond acceptors (Lipinski definition) is 6. The highest BCUT2D eigenvalue weighted by molar-refractivity contribution is 5.88. The van der Waals surface area contributed by atoms with Gasteiger partial charge in [-0.2, -0.15) is 0 Å². The first-order valence-corrected chi connectivity index (χ1v) is 7.84. The number of cyclic esters (lactones) is 1. The molecule has 22 heavy (non-hydrogen) atoms. The predicted octanol–water partition coefficient (Wildman–Crippen LogP) is 0.492. The molecule has 3 rings (SSSR count). The molecule has 0 aromatic heterocycles. The molecular weight excluding hydrogens is 286 g/mol. The van der Waals surface area contributed by atoms with E-state index in [0.717, 1.165) is 25.1 Å². The zero-order valence-electron chi connectivity index (χ0n) is 13.2. The lowest BCUT2D eigenvalue weighted by Crippen LogP contribution is -2.41. The Bertz CT molecular complexity index is 531. The second-order valence-corrected chi connectivity index (χ2v) is 6.73. The number of carbonyl (C=O) groups excluding carboxylic acids is 2. The number of fused-ring (bicyclic) bond motifs is 1. The van der Waals surface area contributed by atoms with Crippen molar-refractivity contribution in [1.82, 2.24) is 4.90 Å². The molecule has 0 bridgehead atoms. The fourth-order valence-electron chi connectivity index (χ4n) is 3.67. The van der Waals surface area contributed by atoms with Crippen molar-refractivity contribution < 1.29 is 24.2 Å². The number of carbonyl (C=O) groups is 2. The van der Waals surface area contributed by atoms with Crippen molar-refractivity contribution >= 4 is 11.9 Å². The number of nitrogens with zero attached hydrogens (tertiary/aromatic N) is 1. The second-order valence-electron chi connectivity index (χ2n) is 6.73. The first-order chi connectivity index (χ1) is 10.4. The van der Waals surface area contributed by atoms with E-state index >= 15 is 0 Å². The number of aliphatic hydroxyl groups excluding tert-OH is 1. The van der Waals surface area contributed by atoms with E-state index in [-0.39, 0.29) is 18.6 Å². The molecule has 0 aliphatic carbocycles. The zero-order chi connectivity index (χ0) is 16.1. The Morgan fingerprint density at radius 2 is 2.27 bits per heavy atom. The van der Waals surface area contributed by atoms with Gasteiger partial charge in [0.05, 0.1) is 18.1 Å². The molecule has 2 fully saturated rings. The normalized spacial score (nSPS) is 41.3. The van der Waals surface area contributed by atoms with Gasteiger partial charge in [0.25, 0.3) is 0 Å². The molecule has 6 heteroatoms. The standard InChI is InChI=1S/C16H23NO5/c1-9-14(19)22-10(2)16(9,3)15(20)21-8-11-4-6-17-7-5-12(18)13(11)17/h4,9-10,12-13,18H,5-8H2,1-3H3/t9-,10-,12+,13?,16-/m0/s1. The SMILES string of the molecule is C[C@@H]1OC(=O)[C@H](C)[C@]1(C)C(=O)OCC1=CCN2CC[C@@H](O)C12. The third-order valence-corrected chi connectivity index (χ3v) is 5.64. The minimum absolute atomic E-state index is 0.0306. The lowest BCUT2D eigenvalue weighted by atomic mass is 9.76. The predicted molar refractivity (Wildman–Crippen MR) is 77.9 cm³/mol. The highest BCUT2D eigenvalue weighted by Crippen LogP contribution is 2.41. The summed E-state index contributed by atoms with van der Waals surface area (Å²) in [6.07, 6.45) is 1.89. The van der Waals surface area contributed by atoms with Crippen LogP contribution in [0.25, 0.3) is 0 Å². The Balaban J connectivity index is 1.65. The molecule has 5 atom stereocenters. The topological polar surface area (TPSA) is 76.1 Å². The molecule has 0 saturated carbocycles. The Morgan fingerprint density at radius 3 is 2.91 bits per heavy atom. The maximum Gasteiger partial charge on any atom is 0.316 e. The van der Waals surface area contributed by atoms with Gasteiger partial charge in [-0.3, -0.25) is 14.5 Å². The van der Waals surface area contributed by atoms with Gasteiger partial charge in [-0.15, -0.1) is 0 Å². The Morgan fingerprint density at radius 1 is 1.55 bits per heavy atom. The zero-order valence-corrected chi connectivity index (χ0v) is 13.2. The van der Waals surface area contributed by atoms with Crippen LogP contribution < -0.4 is 0 Å². The van der Waals surface area contributed by atoms with E-state index in [9.17, 15) is 14.7 Å². The van der Waals surface area contributed by atoms with E-state index in [1.54, 1.807) is 20.8 Å². The van der Waals surface area contributed by atoms with Gasteiger partial charge in [0.1, 0.15) is 18.1 Å². The van der Waals surface area contributed by atoms with Crippen LogP contribution in [0.5, 0.6) is 0 Å². The van der Waals surface area contributed by atoms with Gasteiger partial charge < -0.3 is 14.6 Å². The lowest BCUT2D eigenvalue weighted by Gasteiger charge is -2.28. The fourth-order valence-corrected chi connectivity index (χ4v) is 3.67. The van der Waals surface area contributed by atoms with Crippen LogP contribution in [-0.2, 0) is 19.1 Å². The van der Waals surface area contributed by atoms with Crippen LogP contribution in [0.3, 0.4) is 0 Å². The quantitative estimate of drug-likeness (QED) is 0.604. The first kappa shape index (κ1) is 15.5. The van der Waals surface area contributed by atoms with Gasteiger partial charge >= 0.3 is 11.9 Å². The molecule has 122 valence electrons. The largest absolute Gasteiger partial charge is 0.461 e. The van der Waals surface area contributed by atoms with Crippen LogP contribution in [0.1, 0.15) is 27.2 Å². The Labute approximate surface area is 130 Å². The second kappa shape index (κ2) is 5.35. The molecule has 0 aromatic carbocycles. The summed E-state index contributed by atoms with van der Waals surface area (Å²) in [5, 5.41) is 10.0. The third-order valence-electron chi connectivity index (χ3n) is 5.64. The summed E-state index contributed by atoms with van der Waals surface area (Å²) in [7, 11) is 0. The van der Waals surface area contributed by atoms with Crippen molar-refractivity contribution in [3.8, 4) is 0 Å². The molecule has 6 nitrogen and oxygen atoms in total. The number of rotatable bonds is 3.